The standard InChI is InChI=1S/C15H16Cl2N2O3/c1-8-9(4-2-7-12(18)15(20)21)14(19-22-8)13-10(16)5-3-6-11(13)17/h3,5-6,12H,2,4,7,18H2,1H3,(H,20,21). The first-order chi connectivity index (χ1) is 10.4. The van der Waals surface area contributed by atoms with Crippen LogP contribution >= 0.6 is 23.2 Å². The van der Waals surface area contributed by atoms with Crippen molar-refractivity contribution in [3.05, 3.63) is 39.6 Å². The third kappa shape index (κ3) is 3.61. The van der Waals surface area contributed by atoms with E-state index in [1.165, 1.54) is 0 Å². The number of carboxylic acids is 1. The lowest BCUT2D eigenvalue weighted by Crippen LogP contribution is -2.29. The molecule has 0 aliphatic rings. The first-order valence-electron chi connectivity index (χ1n) is 6.79. The number of rotatable bonds is 6. The molecule has 0 amide bonds. The Kier molecular flexibility index (Phi) is 5.45. The van der Waals surface area contributed by atoms with E-state index in [0.29, 0.717) is 46.3 Å². The number of hydrogen-bond acceptors (Lipinski definition) is 4. The molecule has 1 unspecified atom stereocenters. The van der Waals surface area contributed by atoms with Crippen molar-refractivity contribution in [2.45, 2.75) is 32.2 Å². The summed E-state index contributed by atoms with van der Waals surface area (Å²) in [6, 6.07) is 4.35. The number of benzene rings is 1. The Labute approximate surface area is 138 Å². The van der Waals surface area contributed by atoms with Gasteiger partial charge in [0.2, 0.25) is 0 Å². The summed E-state index contributed by atoms with van der Waals surface area (Å²) >= 11 is 12.4. The van der Waals surface area contributed by atoms with E-state index >= 15 is 0 Å². The second-order valence-electron chi connectivity index (χ2n) is 5.00. The first kappa shape index (κ1) is 16.8. The average Bonchev–Trinajstić information content (AvgIpc) is 2.80. The Morgan fingerprint density at radius 1 is 1.41 bits per heavy atom. The third-order valence-electron chi connectivity index (χ3n) is 3.44. The van der Waals surface area contributed by atoms with Crippen molar-refractivity contribution >= 4 is 29.2 Å². The summed E-state index contributed by atoms with van der Waals surface area (Å²) in [4.78, 5) is 10.7. The fraction of sp³-hybridized carbons (Fsp3) is 0.333. The molecule has 2 rings (SSSR count). The largest absolute Gasteiger partial charge is 0.480 e. The molecular weight excluding hydrogens is 327 g/mol. The van der Waals surface area contributed by atoms with Crippen LogP contribution in [0.1, 0.15) is 24.2 Å². The van der Waals surface area contributed by atoms with Gasteiger partial charge in [0.1, 0.15) is 17.5 Å². The molecule has 118 valence electrons. The molecule has 0 aliphatic heterocycles. The second-order valence-corrected chi connectivity index (χ2v) is 5.81. The van der Waals surface area contributed by atoms with E-state index in [2.05, 4.69) is 5.16 Å². The predicted octanol–water partition coefficient (Wildman–Crippen LogP) is 3.69. The van der Waals surface area contributed by atoms with Gasteiger partial charge in [-0.05, 0) is 38.3 Å². The Hall–Kier alpha value is -1.56. The topological polar surface area (TPSA) is 89.4 Å². The van der Waals surface area contributed by atoms with Crippen LogP contribution in [0, 0.1) is 6.92 Å². The molecule has 1 atom stereocenters. The third-order valence-corrected chi connectivity index (χ3v) is 4.07. The van der Waals surface area contributed by atoms with Gasteiger partial charge in [-0.2, -0.15) is 0 Å². The summed E-state index contributed by atoms with van der Waals surface area (Å²) < 4.78 is 5.25. The molecule has 0 spiro atoms. The fourth-order valence-corrected chi connectivity index (χ4v) is 2.80. The van der Waals surface area contributed by atoms with Gasteiger partial charge in [-0.15, -0.1) is 0 Å². The molecule has 1 heterocycles. The zero-order valence-electron chi connectivity index (χ0n) is 12.0. The Morgan fingerprint density at radius 2 is 2.05 bits per heavy atom. The number of carboxylic acid groups (broad SMARTS) is 1. The molecule has 0 fully saturated rings. The van der Waals surface area contributed by atoms with Gasteiger partial charge in [0.15, 0.2) is 0 Å². The summed E-state index contributed by atoms with van der Waals surface area (Å²) in [6.45, 7) is 1.80. The van der Waals surface area contributed by atoms with Crippen LogP contribution in [0.5, 0.6) is 0 Å². The number of aryl methyl sites for hydroxylation is 1. The molecule has 2 aromatic rings. The van der Waals surface area contributed by atoms with Gasteiger partial charge >= 0.3 is 5.97 Å². The van der Waals surface area contributed by atoms with E-state index in [9.17, 15) is 4.79 Å². The Morgan fingerprint density at radius 3 is 2.64 bits per heavy atom. The van der Waals surface area contributed by atoms with Crippen molar-refractivity contribution in [2.75, 3.05) is 0 Å². The minimum Gasteiger partial charge on any atom is -0.480 e. The van der Waals surface area contributed by atoms with Crippen LogP contribution < -0.4 is 5.73 Å². The van der Waals surface area contributed by atoms with Gasteiger partial charge in [-0.25, -0.2) is 0 Å². The summed E-state index contributed by atoms with van der Waals surface area (Å²) in [5, 5.41) is 13.8. The number of aromatic nitrogens is 1. The molecule has 0 saturated heterocycles. The molecule has 1 aromatic carbocycles. The minimum absolute atomic E-state index is 0.371. The van der Waals surface area contributed by atoms with E-state index in [1.54, 1.807) is 25.1 Å². The smallest absolute Gasteiger partial charge is 0.320 e. The van der Waals surface area contributed by atoms with Gasteiger partial charge < -0.3 is 15.4 Å². The number of nitrogens with zero attached hydrogens (tertiary/aromatic N) is 1. The van der Waals surface area contributed by atoms with Crippen molar-refractivity contribution in [1.82, 2.24) is 5.16 Å². The normalized spacial score (nSPS) is 12.4. The molecule has 0 bridgehead atoms. The molecular formula is C15H16Cl2N2O3. The number of hydrogen-bond donors (Lipinski definition) is 2. The monoisotopic (exact) mass is 342 g/mol. The van der Waals surface area contributed by atoms with Crippen LogP contribution in [-0.2, 0) is 11.2 Å². The van der Waals surface area contributed by atoms with Gasteiger partial charge in [-0.1, -0.05) is 34.4 Å². The van der Waals surface area contributed by atoms with Crippen LogP contribution in [0.2, 0.25) is 10.0 Å². The van der Waals surface area contributed by atoms with Crippen LogP contribution in [0.25, 0.3) is 11.3 Å². The summed E-state index contributed by atoms with van der Waals surface area (Å²) in [5.74, 6) is -0.341. The van der Waals surface area contributed by atoms with Gasteiger partial charge in [-0.3, -0.25) is 4.79 Å². The second kappa shape index (κ2) is 7.13. The number of nitrogens with two attached hydrogens (primary N) is 1. The van der Waals surface area contributed by atoms with E-state index < -0.39 is 12.0 Å². The number of aliphatic carboxylic acids is 1. The maximum atomic E-state index is 10.7. The number of carbonyl (C=O) groups is 1. The van der Waals surface area contributed by atoms with E-state index in [1.807, 2.05) is 0 Å². The highest BCUT2D eigenvalue weighted by atomic mass is 35.5. The SMILES string of the molecule is Cc1onc(-c2c(Cl)cccc2Cl)c1CCCC(N)C(=O)O. The van der Waals surface area contributed by atoms with E-state index in [4.69, 9.17) is 38.6 Å². The summed E-state index contributed by atoms with van der Waals surface area (Å²) in [7, 11) is 0. The summed E-state index contributed by atoms with van der Waals surface area (Å²) in [6.07, 6.45) is 1.56. The summed E-state index contributed by atoms with van der Waals surface area (Å²) in [5.41, 5.74) is 7.60. The maximum absolute atomic E-state index is 10.7. The zero-order valence-corrected chi connectivity index (χ0v) is 13.5. The Balaban J connectivity index is 2.23. The molecule has 5 nitrogen and oxygen atoms in total. The van der Waals surface area contributed by atoms with Crippen molar-refractivity contribution in [3.63, 3.8) is 0 Å². The molecule has 22 heavy (non-hydrogen) atoms. The maximum Gasteiger partial charge on any atom is 0.320 e. The molecule has 0 aliphatic carbocycles. The highest BCUT2D eigenvalue weighted by Gasteiger charge is 2.20. The van der Waals surface area contributed by atoms with Crippen LogP contribution in [0.15, 0.2) is 22.7 Å². The van der Waals surface area contributed by atoms with Crippen LogP contribution in [0.3, 0.4) is 0 Å². The highest BCUT2D eigenvalue weighted by Crippen LogP contribution is 2.37. The molecule has 0 saturated carbocycles. The van der Waals surface area contributed by atoms with Crippen molar-refractivity contribution in [3.8, 4) is 11.3 Å². The van der Waals surface area contributed by atoms with Crippen molar-refractivity contribution in [2.24, 2.45) is 5.73 Å². The lowest BCUT2D eigenvalue weighted by Gasteiger charge is -2.08. The first-order valence-corrected chi connectivity index (χ1v) is 7.55. The Bertz CT molecular complexity index is 665. The van der Waals surface area contributed by atoms with Gasteiger partial charge in [0.25, 0.3) is 0 Å². The highest BCUT2D eigenvalue weighted by molar-refractivity contribution is 6.39. The van der Waals surface area contributed by atoms with E-state index in [0.717, 1.165) is 5.56 Å². The molecule has 3 N–H and O–H groups in total. The minimum atomic E-state index is -1.00. The van der Waals surface area contributed by atoms with Crippen molar-refractivity contribution < 1.29 is 14.4 Å². The van der Waals surface area contributed by atoms with Crippen LogP contribution in [0.4, 0.5) is 0 Å². The van der Waals surface area contributed by atoms with Gasteiger partial charge in [0.05, 0.1) is 10.0 Å². The van der Waals surface area contributed by atoms with Crippen LogP contribution in [-0.4, -0.2) is 22.3 Å². The van der Waals surface area contributed by atoms with Gasteiger partial charge in [0, 0.05) is 11.1 Å². The number of halogens is 2. The lowest BCUT2D eigenvalue weighted by atomic mass is 10.00. The lowest BCUT2D eigenvalue weighted by molar-refractivity contribution is -0.138. The quantitative estimate of drug-likeness (QED) is 0.835. The molecule has 0 radical (unpaired) electrons. The van der Waals surface area contributed by atoms with Crippen molar-refractivity contribution in [1.29, 1.82) is 0 Å². The fourth-order valence-electron chi connectivity index (χ4n) is 2.23. The molecule has 1 aromatic heterocycles. The predicted molar refractivity (Wildman–Crippen MR) is 85.2 cm³/mol. The zero-order chi connectivity index (χ0) is 16.3. The average molecular weight is 343 g/mol. The molecule has 7 heteroatoms. The van der Waals surface area contributed by atoms with E-state index in [-0.39, 0.29) is 0 Å².